The Bertz CT molecular complexity index is 446. The molecular formula is C13H21NO8. The van der Waals surface area contributed by atoms with Crippen molar-refractivity contribution in [3.63, 3.8) is 0 Å². The van der Waals surface area contributed by atoms with Gasteiger partial charge < -0.3 is 45.4 Å². The molecule has 2 heterocycles. The lowest BCUT2D eigenvalue weighted by Gasteiger charge is -2.41. The van der Waals surface area contributed by atoms with E-state index in [-0.39, 0.29) is 12.2 Å². The molecule has 0 amide bonds. The number of ether oxygens (including phenoxy) is 2. The maximum Gasteiger partial charge on any atom is 0.186 e. The van der Waals surface area contributed by atoms with Crippen LogP contribution < -0.4 is 5.32 Å². The van der Waals surface area contributed by atoms with Crippen molar-refractivity contribution < 1.29 is 40.1 Å². The van der Waals surface area contributed by atoms with Gasteiger partial charge in [-0.2, -0.15) is 0 Å². The number of hydrogen-bond acceptors (Lipinski definition) is 9. The van der Waals surface area contributed by atoms with Gasteiger partial charge in [-0.25, -0.2) is 0 Å². The van der Waals surface area contributed by atoms with Crippen molar-refractivity contribution in [1.29, 1.82) is 0 Å². The molecule has 2 aliphatic heterocycles. The SMILES string of the molecule is OCC1=CC(N[C@H]2C(O)C(O)[C@@H]3OC[C@H]2O3)C(O)C(O)[C@@H]1O. The third kappa shape index (κ3) is 2.58. The van der Waals surface area contributed by atoms with Crippen molar-refractivity contribution in [2.45, 2.75) is 55.0 Å². The van der Waals surface area contributed by atoms with Gasteiger partial charge in [-0.05, 0) is 5.57 Å². The van der Waals surface area contributed by atoms with Crippen LogP contribution in [0.4, 0.5) is 0 Å². The molecule has 0 aromatic carbocycles. The zero-order valence-corrected chi connectivity index (χ0v) is 11.7. The van der Waals surface area contributed by atoms with Crippen LogP contribution in [0, 0.1) is 0 Å². The second-order valence-corrected chi connectivity index (χ2v) is 5.90. The number of fused-ring (bicyclic) bond motifs is 2. The maximum atomic E-state index is 10.1. The lowest BCUT2D eigenvalue weighted by atomic mass is 9.86. The van der Waals surface area contributed by atoms with Gasteiger partial charge in [0.2, 0.25) is 0 Å². The molecule has 9 heteroatoms. The summed E-state index contributed by atoms with van der Waals surface area (Å²) in [5.74, 6) is 0. The molecule has 9 atom stereocenters. The van der Waals surface area contributed by atoms with Gasteiger partial charge in [0.1, 0.15) is 36.6 Å². The maximum absolute atomic E-state index is 10.1. The van der Waals surface area contributed by atoms with Gasteiger partial charge >= 0.3 is 0 Å². The highest BCUT2D eigenvalue weighted by atomic mass is 16.7. The van der Waals surface area contributed by atoms with Crippen molar-refractivity contribution in [2.75, 3.05) is 13.2 Å². The Labute approximate surface area is 126 Å². The number of nitrogens with one attached hydrogen (secondary N) is 1. The van der Waals surface area contributed by atoms with Crippen molar-refractivity contribution in [3.8, 4) is 0 Å². The molecule has 7 N–H and O–H groups in total. The van der Waals surface area contributed by atoms with Crippen molar-refractivity contribution >= 4 is 0 Å². The van der Waals surface area contributed by atoms with Gasteiger partial charge in [-0.3, -0.25) is 0 Å². The monoisotopic (exact) mass is 319 g/mol. The van der Waals surface area contributed by atoms with Crippen LogP contribution in [0.15, 0.2) is 11.6 Å². The van der Waals surface area contributed by atoms with E-state index < -0.39 is 61.6 Å². The van der Waals surface area contributed by atoms with Gasteiger partial charge in [0.05, 0.1) is 25.3 Å². The molecular weight excluding hydrogens is 298 g/mol. The van der Waals surface area contributed by atoms with Crippen LogP contribution in [-0.2, 0) is 9.47 Å². The van der Waals surface area contributed by atoms with Crippen molar-refractivity contribution in [3.05, 3.63) is 11.6 Å². The van der Waals surface area contributed by atoms with E-state index in [1.54, 1.807) is 0 Å². The lowest BCUT2D eigenvalue weighted by Crippen LogP contribution is -2.65. The zero-order chi connectivity index (χ0) is 16.0. The number of hydrogen-bond donors (Lipinski definition) is 7. The average molecular weight is 319 g/mol. The summed E-state index contributed by atoms with van der Waals surface area (Å²) in [5, 5.41) is 61.8. The molecule has 1 aliphatic carbocycles. The molecule has 0 aromatic heterocycles. The van der Waals surface area contributed by atoms with E-state index in [4.69, 9.17) is 9.47 Å². The fourth-order valence-electron chi connectivity index (χ4n) is 3.17. The molecule has 22 heavy (non-hydrogen) atoms. The van der Waals surface area contributed by atoms with E-state index >= 15 is 0 Å². The van der Waals surface area contributed by atoms with E-state index in [0.29, 0.717) is 0 Å². The number of rotatable bonds is 3. The Balaban J connectivity index is 1.78. The molecule has 0 saturated carbocycles. The smallest absolute Gasteiger partial charge is 0.186 e. The summed E-state index contributed by atoms with van der Waals surface area (Å²) in [7, 11) is 0. The Morgan fingerprint density at radius 1 is 1.05 bits per heavy atom. The molecule has 3 rings (SSSR count). The summed E-state index contributed by atoms with van der Waals surface area (Å²) >= 11 is 0. The highest BCUT2D eigenvalue weighted by molar-refractivity contribution is 5.22. The van der Waals surface area contributed by atoms with E-state index in [9.17, 15) is 30.6 Å². The average Bonchev–Trinajstić information content (AvgIpc) is 2.96. The quantitative estimate of drug-likeness (QED) is 0.257. The van der Waals surface area contributed by atoms with Gasteiger partial charge in [0.25, 0.3) is 0 Å². The van der Waals surface area contributed by atoms with Crippen LogP contribution in [-0.4, -0.2) is 98.9 Å². The Morgan fingerprint density at radius 3 is 2.45 bits per heavy atom. The van der Waals surface area contributed by atoms with Crippen LogP contribution in [0.1, 0.15) is 0 Å². The van der Waals surface area contributed by atoms with Crippen LogP contribution in [0.25, 0.3) is 0 Å². The molecule has 2 fully saturated rings. The number of aliphatic hydroxyl groups excluding tert-OH is 6. The molecule has 0 aromatic rings. The van der Waals surface area contributed by atoms with Crippen LogP contribution in [0.2, 0.25) is 0 Å². The minimum atomic E-state index is -1.47. The van der Waals surface area contributed by atoms with E-state index in [1.807, 2.05) is 0 Å². The van der Waals surface area contributed by atoms with Crippen molar-refractivity contribution in [2.24, 2.45) is 0 Å². The van der Waals surface area contributed by atoms with Crippen molar-refractivity contribution in [1.82, 2.24) is 5.32 Å². The first-order chi connectivity index (χ1) is 10.4. The van der Waals surface area contributed by atoms with Crippen LogP contribution in [0.5, 0.6) is 0 Å². The predicted molar refractivity (Wildman–Crippen MR) is 70.5 cm³/mol. The molecule has 126 valence electrons. The van der Waals surface area contributed by atoms with E-state index in [1.165, 1.54) is 6.08 Å². The summed E-state index contributed by atoms with van der Waals surface area (Å²) in [6.45, 7) is -0.287. The highest BCUT2D eigenvalue weighted by Gasteiger charge is 2.51. The summed E-state index contributed by atoms with van der Waals surface area (Å²) in [6.07, 6.45) is -6.53. The molecule has 2 bridgehead atoms. The molecule has 3 aliphatic rings. The lowest BCUT2D eigenvalue weighted by molar-refractivity contribution is -0.204. The number of aliphatic hydroxyl groups is 6. The molecule has 5 unspecified atom stereocenters. The fraction of sp³-hybridized carbons (Fsp3) is 0.846. The highest BCUT2D eigenvalue weighted by Crippen LogP contribution is 2.29. The van der Waals surface area contributed by atoms with Crippen LogP contribution in [0.3, 0.4) is 0 Å². The Kier molecular flexibility index (Phi) is 4.52. The second kappa shape index (κ2) is 6.11. The van der Waals surface area contributed by atoms with E-state index in [2.05, 4.69) is 5.32 Å². The Hall–Kier alpha value is -0.620. The summed E-state index contributed by atoms with van der Waals surface area (Å²) in [6, 6.07) is -1.56. The summed E-state index contributed by atoms with van der Waals surface area (Å²) < 4.78 is 10.6. The normalized spacial score (nSPS) is 51.7. The fourth-order valence-corrected chi connectivity index (χ4v) is 3.17. The largest absolute Gasteiger partial charge is 0.392 e. The molecule has 0 radical (unpaired) electrons. The third-order valence-corrected chi connectivity index (χ3v) is 4.51. The second-order valence-electron chi connectivity index (χ2n) is 5.90. The molecule has 0 spiro atoms. The first-order valence-electron chi connectivity index (χ1n) is 7.19. The zero-order valence-electron chi connectivity index (χ0n) is 11.7. The first kappa shape index (κ1) is 16.2. The summed E-state index contributed by atoms with van der Waals surface area (Å²) in [4.78, 5) is 0. The topological polar surface area (TPSA) is 152 Å². The predicted octanol–water partition coefficient (Wildman–Crippen LogP) is -4.19. The van der Waals surface area contributed by atoms with Crippen LogP contribution >= 0.6 is 0 Å². The van der Waals surface area contributed by atoms with Gasteiger partial charge in [0.15, 0.2) is 6.29 Å². The van der Waals surface area contributed by atoms with Gasteiger partial charge in [-0.1, -0.05) is 6.08 Å². The van der Waals surface area contributed by atoms with Gasteiger partial charge in [0, 0.05) is 0 Å². The van der Waals surface area contributed by atoms with Gasteiger partial charge in [-0.15, -0.1) is 0 Å². The first-order valence-corrected chi connectivity index (χ1v) is 7.19. The summed E-state index contributed by atoms with van der Waals surface area (Å²) in [5.41, 5.74) is 0.169. The minimum absolute atomic E-state index is 0.169. The standard InChI is InChI=1S/C13H21NO8/c15-2-4-1-5(9(17)11(19)8(4)16)14-7-6-3-21-13(22-6)12(20)10(7)18/h1,5-20H,2-3H2/t5?,6-,7-,8-,9?,10?,11?,12?,13-/m1/s1. The molecule has 9 nitrogen and oxygen atoms in total. The van der Waals surface area contributed by atoms with E-state index in [0.717, 1.165) is 0 Å². The molecule has 2 saturated heterocycles. The Morgan fingerprint density at radius 2 is 1.77 bits per heavy atom. The minimum Gasteiger partial charge on any atom is -0.392 e. The third-order valence-electron chi connectivity index (χ3n) is 4.51.